The van der Waals surface area contributed by atoms with Crippen molar-refractivity contribution in [2.24, 2.45) is 0 Å². The highest BCUT2D eigenvalue weighted by molar-refractivity contribution is 5.74. The van der Waals surface area contributed by atoms with E-state index in [1.54, 1.807) is 12.5 Å². The summed E-state index contributed by atoms with van der Waals surface area (Å²) in [5.74, 6) is -0.836. The lowest BCUT2D eigenvalue weighted by Crippen LogP contribution is -2.46. The predicted molar refractivity (Wildman–Crippen MR) is 81.4 cm³/mol. The maximum absolute atomic E-state index is 12.5. The van der Waals surface area contributed by atoms with Crippen LogP contribution < -0.4 is 5.32 Å². The summed E-state index contributed by atoms with van der Waals surface area (Å²) in [5.41, 5.74) is 0.978. The fourth-order valence-corrected chi connectivity index (χ4v) is 2.88. The Labute approximate surface area is 130 Å². The van der Waals surface area contributed by atoms with Crippen molar-refractivity contribution in [1.82, 2.24) is 10.2 Å². The molecule has 0 aromatic carbocycles. The number of carbonyl (C=O) groups excluding carboxylic acids is 1. The monoisotopic (exact) mass is 308 g/mol. The Kier molecular flexibility index (Phi) is 6.30. The van der Waals surface area contributed by atoms with Crippen LogP contribution in [-0.2, 0) is 11.3 Å². The van der Waals surface area contributed by atoms with Crippen LogP contribution in [0.25, 0.3) is 0 Å². The van der Waals surface area contributed by atoms with Crippen LogP contribution in [-0.4, -0.2) is 34.6 Å². The smallest absolute Gasteiger partial charge is 0.317 e. The predicted octanol–water partition coefficient (Wildman–Crippen LogP) is 2.99. The van der Waals surface area contributed by atoms with Gasteiger partial charge in [-0.25, -0.2) is 4.79 Å². The molecule has 1 aromatic rings. The molecule has 0 saturated heterocycles. The second-order valence-electron chi connectivity index (χ2n) is 5.78. The lowest BCUT2D eigenvalue weighted by Gasteiger charge is -2.34. The van der Waals surface area contributed by atoms with E-state index in [-0.39, 0.29) is 18.5 Å². The second-order valence-corrected chi connectivity index (χ2v) is 5.78. The molecule has 0 unspecified atom stereocenters. The molecule has 122 valence electrons. The molecular formula is C16H24N2O4. The van der Waals surface area contributed by atoms with Gasteiger partial charge in [0.05, 0.1) is 19.1 Å². The Morgan fingerprint density at radius 1 is 1.32 bits per heavy atom. The molecule has 1 saturated carbocycles. The number of furan rings is 1. The number of rotatable bonds is 7. The zero-order chi connectivity index (χ0) is 15.8. The summed E-state index contributed by atoms with van der Waals surface area (Å²) in [6.45, 7) is 0.922. The second kappa shape index (κ2) is 8.46. The minimum absolute atomic E-state index is 0.0748. The summed E-state index contributed by atoms with van der Waals surface area (Å²) < 4.78 is 5.08. The van der Waals surface area contributed by atoms with Crippen molar-refractivity contribution in [3.8, 4) is 0 Å². The first-order valence-corrected chi connectivity index (χ1v) is 7.94. The molecule has 1 aliphatic carbocycles. The molecule has 1 heterocycles. The zero-order valence-corrected chi connectivity index (χ0v) is 12.8. The van der Waals surface area contributed by atoms with E-state index in [1.807, 2.05) is 11.0 Å². The normalized spacial score (nSPS) is 15.5. The lowest BCUT2D eigenvalue weighted by atomic mass is 9.94. The summed E-state index contributed by atoms with van der Waals surface area (Å²) in [7, 11) is 0. The number of nitrogens with one attached hydrogen (secondary N) is 1. The number of urea groups is 1. The van der Waals surface area contributed by atoms with E-state index in [2.05, 4.69) is 5.32 Å². The first-order valence-electron chi connectivity index (χ1n) is 7.94. The maximum atomic E-state index is 12.5. The third-order valence-electron chi connectivity index (χ3n) is 4.05. The molecule has 1 aromatic heterocycles. The van der Waals surface area contributed by atoms with Gasteiger partial charge in [-0.2, -0.15) is 0 Å². The highest BCUT2D eigenvalue weighted by Crippen LogP contribution is 2.24. The lowest BCUT2D eigenvalue weighted by molar-refractivity contribution is -0.137. The van der Waals surface area contributed by atoms with E-state index in [9.17, 15) is 9.59 Å². The molecule has 2 N–H and O–H groups in total. The quantitative estimate of drug-likeness (QED) is 0.759. The highest BCUT2D eigenvalue weighted by atomic mass is 16.4. The molecule has 0 radical (unpaired) electrons. The summed E-state index contributed by atoms with van der Waals surface area (Å²) in [6, 6.07) is 2.01. The number of carboxylic acids is 1. The molecule has 22 heavy (non-hydrogen) atoms. The van der Waals surface area contributed by atoms with Gasteiger partial charge in [-0.15, -0.1) is 0 Å². The number of amides is 2. The average Bonchev–Trinajstić information content (AvgIpc) is 3.03. The Morgan fingerprint density at radius 2 is 2.09 bits per heavy atom. The van der Waals surface area contributed by atoms with Gasteiger partial charge in [-0.3, -0.25) is 4.79 Å². The van der Waals surface area contributed by atoms with Crippen LogP contribution >= 0.6 is 0 Å². The standard InChI is InChI=1S/C16H24N2O4/c19-15(20)7-4-9-17-16(21)18(11-13-8-10-22-12-13)14-5-2-1-3-6-14/h8,10,12,14H,1-7,9,11H2,(H,17,21)(H,19,20). The molecular weight excluding hydrogens is 284 g/mol. The third-order valence-corrected chi connectivity index (χ3v) is 4.05. The molecule has 2 rings (SSSR count). The summed E-state index contributed by atoms with van der Waals surface area (Å²) in [4.78, 5) is 24.8. The summed E-state index contributed by atoms with van der Waals surface area (Å²) >= 11 is 0. The van der Waals surface area contributed by atoms with Gasteiger partial charge >= 0.3 is 12.0 Å². The van der Waals surface area contributed by atoms with Crippen molar-refractivity contribution >= 4 is 12.0 Å². The van der Waals surface area contributed by atoms with Crippen molar-refractivity contribution in [3.05, 3.63) is 24.2 Å². The van der Waals surface area contributed by atoms with E-state index in [0.717, 1.165) is 31.2 Å². The SMILES string of the molecule is O=C(O)CCCNC(=O)N(Cc1ccoc1)C1CCCCC1. The molecule has 0 atom stereocenters. The van der Waals surface area contributed by atoms with E-state index >= 15 is 0 Å². The Bertz CT molecular complexity index is 467. The van der Waals surface area contributed by atoms with Gasteiger partial charge in [0.25, 0.3) is 0 Å². The Morgan fingerprint density at radius 3 is 2.73 bits per heavy atom. The summed E-state index contributed by atoms with van der Waals surface area (Å²) in [6.07, 6.45) is 9.39. The van der Waals surface area contributed by atoms with Crippen molar-refractivity contribution in [3.63, 3.8) is 0 Å². The first-order chi connectivity index (χ1) is 10.7. The fraction of sp³-hybridized carbons (Fsp3) is 0.625. The van der Waals surface area contributed by atoms with Crippen LogP contribution in [0.4, 0.5) is 4.79 Å². The van der Waals surface area contributed by atoms with Gasteiger partial charge < -0.3 is 19.7 Å². The Hall–Kier alpha value is -1.98. The number of carboxylic acid groups (broad SMARTS) is 1. The van der Waals surface area contributed by atoms with E-state index in [4.69, 9.17) is 9.52 Å². The third kappa shape index (κ3) is 5.09. The van der Waals surface area contributed by atoms with E-state index in [1.165, 1.54) is 6.42 Å². The van der Waals surface area contributed by atoms with Gasteiger partial charge in [0.15, 0.2) is 0 Å². The minimum Gasteiger partial charge on any atom is -0.481 e. The molecule has 2 amide bonds. The van der Waals surface area contributed by atoms with Gasteiger partial charge in [0.1, 0.15) is 0 Å². The largest absolute Gasteiger partial charge is 0.481 e. The number of aliphatic carboxylic acids is 1. The molecule has 0 aliphatic heterocycles. The van der Waals surface area contributed by atoms with Crippen LogP contribution in [0.5, 0.6) is 0 Å². The van der Waals surface area contributed by atoms with Gasteiger partial charge in [0.2, 0.25) is 0 Å². The van der Waals surface area contributed by atoms with Gasteiger partial charge in [0, 0.05) is 24.6 Å². The molecule has 1 aliphatic rings. The van der Waals surface area contributed by atoms with Crippen molar-refractivity contribution in [1.29, 1.82) is 0 Å². The molecule has 0 bridgehead atoms. The van der Waals surface area contributed by atoms with Gasteiger partial charge in [-0.1, -0.05) is 19.3 Å². The van der Waals surface area contributed by atoms with E-state index in [0.29, 0.717) is 19.5 Å². The maximum Gasteiger partial charge on any atom is 0.317 e. The molecule has 1 fully saturated rings. The zero-order valence-electron chi connectivity index (χ0n) is 12.8. The van der Waals surface area contributed by atoms with Crippen molar-refractivity contribution < 1.29 is 19.1 Å². The van der Waals surface area contributed by atoms with E-state index < -0.39 is 5.97 Å². The van der Waals surface area contributed by atoms with Crippen LogP contribution in [0.2, 0.25) is 0 Å². The first kappa shape index (κ1) is 16.4. The summed E-state index contributed by atoms with van der Waals surface area (Å²) in [5, 5.41) is 11.5. The molecule has 0 spiro atoms. The molecule has 6 nitrogen and oxygen atoms in total. The molecule has 6 heteroatoms. The Balaban J connectivity index is 1.90. The fourth-order valence-electron chi connectivity index (χ4n) is 2.88. The van der Waals surface area contributed by atoms with Crippen LogP contribution in [0, 0.1) is 0 Å². The van der Waals surface area contributed by atoms with Crippen LogP contribution in [0.3, 0.4) is 0 Å². The van der Waals surface area contributed by atoms with Crippen molar-refractivity contribution in [2.45, 2.75) is 57.5 Å². The number of hydrogen-bond donors (Lipinski definition) is 2. The number of carbonyl (C=O) groups is 2. The topological polar surface area (TPSA) is 82.8 Å². The van der Waals surface area contributed by atoms with Crippen LogP contribution in [0.1, 0.15) is 50.5 Å². The average molecular weight is 308 g/mol. The van der Waals surface area contributed by atoms with Crippen molar-refractivity contribution in [2.75, 3.05) is 6.54 Å². The number of hydrogen-bond acceptors (Lipinski definition) is 3. The highest BCUT2D eigenvalue weighted by Gasteiger charge is 2.25. The van der Waals surface area contributed by atoms with Crippen LogP contribution in [0.15, 0.2) is 23.0 Å². The number of nitrogens with zero attached hydrogens (tertiary/aromatic N) is 1. The minimum atomic E-state index is -0.836. The van der Waals surface area contributed by atoms with Gasteiger partial charge in [-0.05, 0) is 25.3 Å².